The van der Waals surface area contributed by atoms with Crippen molar-refractivity contribution in [1.82, 2.24) is 4.98 Å². The fraction of sp³-hybridized carbons (Fsp3) is 0.700. The number of anilines is 1. The number of hydrogen-bond donors (Lipinski definition) is 1. The van der Waals surface area contributed by atoms with Crippen LogP contribution in [0.4, 0.5) is 6.01 Å². The van der Waals surface area contributed by atoms with Crippen LogP contribution < -0.4 is 5.73 Å². The molecule has 13 heavy (non-hydrogen) atoms. The van der Waals surface area contributed by atoms with Gasteiger partial charge in [0.05, 0.1) is 5.69 Å². The zero-order chi connectivity index (χ0) is 9.26. The van der Waals surface area contributed by atoms with Crippen LogP contribution in [0.1, 0.15) is 49.5 Å². The van der Waals surface area contributed by atoms with Crippen molar-refractivity contribution in [2.45, 2.75) is 44.9 Å². The molecule has 2 rings (SSSR count). The first-order chi connectivity index (χ1) is 6.27. The lowest BCUT2D eigenvalue weighted by Gasteiger charge is -2.19. The zero-order valence-electron chi connectivity index (χ0n) is 8.05. The molecule has 0 spiro atoms. The highest BCUT2D eigenvalue weighted by molar-refractivity contribution is 5.21. The average molecular weight is 180 g/mol. The smallest absolute Gasteiger partial charge is 0.292 e. The summed E-state index contributed by atoms with van der Waals surface area (Å²) < 4.78 is 5.42. The number of aryl methyl sites for hydroxylation is 1. The molecule has 1 heterocycles. The Labute approximate surface area is 78.3 Å². The monoisotopic (exact) mass is 180 g/mol. The van der Waals surface area contributed by atoms with Crippen LogP contribution in [-0.2, 0) is 0 Å². The molecule has 72 valence electrons. The van der Waals surface area contributed by atoms with Gasteiger partial charge in [-0.25, -0.2) is 0 Å². The first kappa shape index (κ1) is 8.60. The third-order valence-electron chi connectivity index (χ3n) is 2.82. The molecule has 2 N–H and O–H groups in total. The molecule has 3 heteroatoms. The summed E-state index contributed by atoms with van der Waals surface area (Å²) in [6.45, 7) is 1.98. The topological polar surface area (TPSA) is 52.0 Å². The predicted molar refractivity (Wildman–Crippen MR) is 51.5 cm³/mol. The molecule has 1 aliphatic rings. The number of rotatable bonds is 1. The van der Waals surface area contributed by atoms with Gasteiger partial charge in [-0.05, 0) is 19.8 Å². The lowest BCUT2D eigenvalue weighted by molar-refractivity contribution is 0.377. The van der Waals surface area contributed by atoms with E-state index in [1.54, 1.807) is 0 Å². The molecule has 3 nitrogen and oxygen atoms in total. The third-order valence-corrected chi connectivity index (χ3v) is 2.82. The number of nitrogen functional groups attached to an aromatic ring is 1. The summed E-state index contributed by atoms with van der Waals surface area (Å²) >= 11 is 0. The number of nitrogens with zero attached hydrogens (tertiary/aromatic N) is 1. The summed E-state index contributed by atoms with van der Waals surface area (Å²) in [5.41, 5.74) is 6.48. The minimum Gasteiger partial charge on any atom is -0.428 e. The van der Waals surface area contributed by atoms with Crippen LogP contribution in [0, 0.1) is 6.92 Å². The van der Waals surface area contributed by atoms with Gasteiger partial charge in [0.15, 0.2) is 0 Å². The van der Waals surface area contributed by atoms with E-state index in [4.69, 9.17) is 10.2 Å². The lowest BCUT2D eigenvalue weighted by atomic mass is 9.87. The quantitative estimate of drug-likeness (QED) is 0.722. The molecule has 0 amide bonds. The molecule has 1 aliphatic carbocycles. The number of oxazole rings is 1. The summed E-state index contributed by atoms with van der Waals surface area (Å²) in [5, 5.41) is 0. The Hall–Kier alpha value is -0.990. The van der Waals surface area contributed by atoms with Crippen molar-refractivity contribution >= 4 is 6.01 Å². The fourth-order valence-electron chi connectivity index (χ4n) is 2.17. The Balaban J connectivity index is 2.18. The first-order valence-corrected chi connectivity index (χ1v) is 5.00. The summed E-state index contributed by atoms with van der Waals surface area (Å²) in [6, 6.07) is 0.318. The van der Waals surface area contributed by atoms with Crippen molar-refractivity contribution in [3.05, 3.63) is 11.5 Å². The van der Waals surface area contributed by atoms with Gasteiger partial charge in [-0.2, -0.15) is 4.98 Å². The van der Waals surface area contributed by atoms with Crippen molar-refractivity contribution in [3.8, 4) is 0 Å². The average Bonchev–Trinajstić information content (AvgIpc) is 2.47. The van der Waals surface area contributed by atoms with E-state index in [0.29, 0.717) is 11.9 Å². The second kappa shape index (κ2) is 3.40. The molecule has 0 aromatic carbocycles. The molecule has 1 aromatic heterocycles. The van der Waals surface area contributed by atoms with Gasteiger partial charge < -0.3 is 10.2 Å². The van der Waals surface area contributed by atoms with E-state index in [9.17, 15) is 0 Å². The van der Waals surface area contributed by atoms with Gasteiger partial charge in [0.2, 0.25) is 0 Å². The van der Waals surface area contributed by atoms with E-state index in [-0.39, 0.29) is 0 Å². The molecular weight excluding hydrogens is 164 g/mol. The van der Waals surface area contributed by atoms with Crippen LogP contribution in [0.25, 0.3) is 0 Å². The van der Waals surface area contributed by atoms with E-state index >= 15 is 0 Å². The summed E-state index contributed by atoms with van der Waals surface area (Å²) in [4.78, 5) is 4.10. The van der Waals surface area contributed by atoms with E-state index in [0.717, 1.165) is 11.5 Å². The van der Waals surface area contributed by atoms with Gasteiger partial charge in [0.25, 0.3) is 6.01 Å². The molecule has 0 aliphatic heterocycles. The highest BCUT2D eigenvalue weighted by atomic mass is 16.4. The zero-order valence-corrected chi connectivity index (χ0v) is 8.05. The van der Waals surface area contributed by atoms with Gasteiger partial charge in [0.1, 0.15) is 5.76 Å². The third kappa shape index (κ3) is 1.69. The van der Waals surface area contributed by atoms with Gasteiger partial charge >= 0.3 is 0 Å². The van der Waals surface area contributed by atoms with E-state index in [1.807, 2.05) is 6.92 Å². The van der Waals surface area contributed by atoms with Crippen molar-refractivity contribution in [3.63, 3.8) is 0 Å². The summed E-state index contributed by atoms with van der Waals surface area (Å²) in [7, 11) is 0. The molecule has 1 saturated carbocycles. The maximum Gasteiger partial charge on any atom is 0.292 e. The molecule has 0 atom stereocenters. The summed E-state index contributed by atoms with van der Waals surface area (Å²) in [5.74, 6) is 1.59. The van der Waals surface area contributed by atoms with Crippen LogP contribution in [0.5, 0.6) is 0 Å². The maximum atomic E-state index is 5.51. The molecule has 1 aromatic rings. The normalized spacial score (nSPS) is 19.2. The van der Waals surface area contributed by atoms with Crippen LogP contribution in [0.3, 0.4) is 0 Å². The van der Waals surface area contributed by atoms with Crippen LogP contribution in [0.2, 0.25) is 0 Å². The van der Waals surface area contributed by atoms with Crippen LogP contribution >= 0.6 is 0 Å². The van der Waals surface area contributed by atoms with Crippen molar-refractivity contribution in [2.24, 2.45) is 0 Å². The van der Waals surface area contributed by atoms with Crippen molar-refractivity contribution in [1.29, 1.82) is 0 Å². The van der Waals surface area contributed by atoms with Crippen LogP contribution in [-0.4, -0.2) is 4.98 Å². The van der Waals surface area contributed by atoms with Crippen molar-refractivity contribution < 1.29 is 4.42 Å². The molecule has 0 unspecified atom stereocenters. The Morgan fingerprint density at radius 3 is 2.54 bits per heavy atom. The van der Waals surface area contributed by atoms with Gasteiger partial charge in [-0.1, -0.05) is 19.3 Å². The van der Waals surface area contributed by atoms with Gasteiger partial charge in [-0.15, -0.1) is 0 Å². The Bertz CT molecular complexity index is 287. The molecular formula is C10H16N2O. The van der Waals surface area contributed by atoms with Gasteiger partial charge in [-0.3, -0.25) is 0 Å². The number of aromatic nitrogens is 1. The standard InChI is InChI=1S/C10H16N2O/c1-7-9(13-10(11)12-7)8-5-3-2-4-6-8/h8H,2-6H2,1H3,(H2,11,12). The lowest BCUT2D eigenvalue weighted by Crippen LogP contribution is -2.04. The van der Waals surface area contributed by atoms with E-state index < -0.39 is 0 Å². The minimum absolute atomic E-state index is 0.318. The summed E-state index contributed by atoms with van der Waals surface area (Å²) in [6.07, 6.45) is 6.44. The Morgan fingerprint density at radius 1 is 1.31 bits per heavy atom. The molecule has 0 radical (unpaired) electrons. The SMILES string of the molecule is Cc1nc(N)oc1C1CCCCC1. The molecule has 0 saturated heterocycles. The van der Waals surface area contributed by atoms with Crippen molar-refractivity contribution in [2.75, 3.05) is 5.73 Å². The number of nitrogens with two attached hydrogens (primary N) is 1. The van der Waals surface area contributed by atoms with Crippen LogP contribution in [0.15, 0.2) is 4.42 Å². The Kier molecular flexibility index (Phi) is 2.25. The Morgan fingerprint density at radius 2 is 2.00 bits per heavy atom. The van der Waals surface area contributed by atoms with Gasteiger partial charge in [0, 0.05) is 5.92 Å². The molecule has 0 bridgehead atoms. The first-order valence-electron chi connectivity index (χ1n) is 5.00. The highest BCUT2D eigenvalue weighted by Crippen LogP contribution is 2.34. The minimum atomic E-state index is 0.318. The van der Waals surface area contributed by atoms with E-state index in [1.165, 1.54) is 32.1 Å². The maximum absolute atomic E-state index is 5.51. The number of hydrogen-bond acceptors (Lipinski definition) is 3. The van der Waals surface area contributed by atoms with E-state index in [2.05, 4.69) is 4.98 Å². The fourth-order valence-corrected chi connectivity index (χ4v) is 2.17. The highest BCUT2D eigenvalue weighted by Gasteiger charge is 2.21. The largest absolute Gasteiger partial charge is 0.428 e. The predicted octanol–water partition coefficient (Wildman–Crippen LogP) is 2.61. The second-order valence-corrected chi connectivity index (χ2v) is 3.84. The second-order valence-electron chi connectivity index (χ2n) is 3.84. The molecule has 1 fully saturated rings.